The molecule has 2 aliphatic heterocycles. The summed E-state index contributed by atoms with van der Waals surface area (Å²) in [5.74, 6) is 2.02. The first-order chi connectivity index (χ1) is 19.3. The number of pyridine rings is 1. The van der Waals surface area contributed by atoms with E-state index in [1.165, 1.54) is 5.56 Å². The van der Waals surface area contributed by atoms with Crippen molar-refractivity contribution in [3.05, 3.63) is 59.2 Å². The van der Waals surface area contributed by atoms with Crippen LogP contribution in [-0.4, -0.2) is 79.1 Å². The van der Waals surface area contributed by atoms with Gasteiger partial charge < -0.3 is 19.3 Å². The van der Waals surface area contributed by atoms with E-state index in [1.54, 1.807) is 17.0 Å². The first kappa shape index (κ1) is 26.5. The largest absolute Gasteiger partial charge is 0.507 e. The molecule has 1 aromatic carbocycles. The Labute approximate surface area is 235 Å². The van der Waals surface area contributed by atoms with Crippen LogP contribution in [0, 0.1) is 12.8 Å². The van der Waals surface area contributed by atoms with E-state index in [2.05, 4.69) is 51.6 Å². The second kappa shape index (κ2) is 11.1. The third-order valence-electron chi connectivity index (χ3n) is 8.09. The lowest BCUT2D eigenvalue weighted by atomic mass is 10.1. The van der Waals surface area contributed by atoms with E-state index in [9.17, 15) is 5.11 Å². The fraction of sp³-hybridized carbons (Fsp3) is 0.452. The van der Waals surface area contributed by atoms with Crippen molar-refractivity contribution in [1.29, 1.82) is 0 Å². The highest BCUT2D eigenvalue weighted by Crippen LogP contribution is 2.32. The Bertz CT molecular complexity index is 1540. The van der Waals surface area contributed by atoms with E-state index in [4.69, 9.17) is 14.7 Å². The monoisotopic (exact) mass is 541 g/mol. The third-order valence-corrected chi connectivity index (χ3v) is 8.09. The average molecular weight is 542 g/mol. The van der Waals surface area contributed by atoms with Gasteiger partial charge in [-0.3, -0.25) is 9.88 Å². The van der Waals surface area contributed by atoms with E-state index in [1.807, 2.05) is 26.1 Å². The van der Waals surface area contributed by atoms with Gasteiger partial charge in [-0.1, -0.05) is 13.0 Å². The minimum absolute atomic E-state index is 0.162. The summed E-state index contributed by atoms with van der Waals surface area (Å²) in [6, 6.07) is 10.4. The molecule has 1 saturated heterocycles. The van der Waals surface area contributed by atoms with Crippen LogP contribution >= 0.6 is 0 Å². The zero-order valence-corrected chi connectivity index (χ0v) is 24.0. The van der Waals surface area contributed by atoms with Crippen molar-refractivity contribution in [2.45, 2.75) is 39.8 Å². The molecule has 0 radical (unpaired) electrons. The molecule has 210 valence electrons. The standard InChI is InChI=1S/C31H39N7O2/c1-21-6-5-13-40-31-25(18-32-36(31)4)27-16-24(14-22(2)33-27)29(39)17-30-34-26-8-7-23(15-28(26)38(30)19-21)20-37-11-9-35(3)10-12-37/h7-8,14-18,21,39H,5-6,9-13,19-20H2,1-4H3/b29-17+/t21-/m1/s1. The summed E-state index contributed by atoms with van der Waals surface area (Å²) in [5.41, 5.74) is 6.40. The number of hydrogen-bond donors (Lipinski definition) is 1. The van der Waals surface area contributed by atoms with Crippen LogP contribution in [-0.2, 0) is 20.1 Å². The molecule has 1 fully saturated rings. The molecule has 6 rings (SSSR count). The molecule has 1 N–H and O–H groups in total. The smallest absolute Gasteiger partial charge is 0.221 e. The van der Waals surface area contributed by atoms with Gasteiger partial charge in [-0.25, -0.2) is 9.67 Å². The number of hydrogen-bond acceptors (Lipinski definition) is 7. The highest BCUT2D eigenvalue weighted by molar-refractivity contribution is 5.83. The van der Waals surface area contributed by atoms with E-state index >= 15 is 0 Å². The predicted octanol–water partition coefficient (Wildman–Crippen LogP) is 4.75. The quantitative estimate of drug-likeness (QED) is 0.392. The van der Waals surface area contributed by atoms with Gasteiger partial charge in [-0.05, 0) is 62.6 Å². The highest BCUT2D eigenvalue weighted by Gasteiger charge is 2.20. The molecule has 0 saturated carbocycles. The zero-order chi connectivity index (χ0) is 27.8. The fourth-order valence-corrected chi connectivity index (χ4v) is 5.79. The van der Waals surface area contributed by atoms with Crippen molar-refractivity contribution in [3.8, 4) is 17.1 Å². The molecule has 5 heterocycles. The van der Waals surface area contributed by atoms with Crippen molar-refractivity contribution >= 4 is 22.9 Å². The summed E-state index contributed by atoms with van der Waals surface area (Å²) in [4.78, 5) is 14.6. The number of ether oxygens (including phenoxy) is 1. The zero-order valence-electron chi connectivity index (χ0n) is 24.0. The number of nitrogens with zero attached hydrogens (tertiary/aromatic N) is 7. The number of aliphatic hydroxyl groups excluding tert-OH is 1. The van der Waals surface area contributed by atoms with Gasteiger partial charge in [0.25, 0.3) is 0 Å². The Morgan fingerprint density at radius 3 is 2.70 bits per heavy atom. The molecule has 1 atom stereocenters. The number of rotatable bonds is 2. The molecule has 0 unspecified atom stereocenters. The summed E-state index contributed by atoms with van der Waals surface area (Å²) in [5, 5.41) is 15.8. The van der Waals surface area contributed by atoms with Crippen LogP contribution in [0.15, 0.2) is 36.5 Å². The lowest BCUT2D eigenvalue weighted by Gasteiger charge is -2.32. The first-order valence-electron chi connectivity index (χ1n) is 14.3. The topological polar surface area (TPSA) is 84.5 Å². The number of fused-ring (bicyclic) bond motifs is 7. The van der Waals surface area contributed by atoms with Crippen LogP contribution in [0.1, 0.15) is 42.4 Å². The van der Waals surface area contributed by atoms with Crippen LogP contribution in [0.25, 0.3) is 34.1 Å². The number of imidazole rings is 1. The van der Waals surface area contributed by atoms with E-state index in [0.29, 0.717) is 24.0 Å². The fourth-order valence-electron chi connectivity index (χ4n) is 5.79. The van der Waals surface area contributed by atoms with Gasteiger partial charge in [0.2, 0.25) is 5.88 Å². The number of benzene rings is 1. The molecule has 0 spiro atoms. The third kappa shape index (κ3) is 5.48. The molecule has 9 nitrogen and oxygen atoms in total. The first-order valence-corrected chi connectivity index (χ1v) is 14.3. The number of aromatic nitrogens is 5. The molecule has 0 amide bonds. The Kier molecular flexibility index (Phi) is 7.33. The summed E-state index contributed by atoms with van der Waals surface area (Å²) >= 11 is 0. The van der Waals surface area contributed by atoms with Crippen LogP contribution in [0.5, 0.6) is 5.88 Å². The van der Waals surface area contributed by atoms with Crippen LogP contribution < -0.4 is 4.74 Å². The van der Waals surface area contributed by atoms with Crippen molar-refractivity contribution in [1.82, 2.24) is 34.1 Å². The normalized spacial score (nSPS) is 20.6. The van der Waals surface area contributed by atoms with Gasteiger partial charge in [0, 0.05) is 63.6 Å². The van der Waals surface area contributed by atoms with Crippen LogP contribution in [0.3, 0.4) is 0 Å². The summed E-state index contributed by atoms with van der Waals surface area (Å²) in [6.45, 7) is 10.9. The summed E-state index contributed by atoms with van der Waals surface area (Å²) < 4.78 is 10.2. The molecular weight excluding hydrogens is 502 g/mol. The lowest BCUT2D eigenvalue weighted by Crippen LogP contribution is -2.43. The molecule has 3 aromatic heterocycles. The highest BCUT2D eigenvalue weighted by atomic mass is 16.5. The number of aryl methyl sites for hydroxylation is 2. The van der Waals surface area contributed by atoms with Gasteiger partial charge in [0.15, 0.2) is 0 Å². The van der Waals surface area contributed by atoms with Gasteiger partial charge in [-0.2, -0.15) is 5.10 Å². The van der Waals surface area contributed by atoms with Crippen LogP contribution in [0.2, 0.25) is 0 Å². The second-order valence-electron chi connectivity index (χ2n) is 11.5. The molecule has 9 heteroatoms. The van der Waals surface area contributed by atoms with E-state index < -0.39 is 0 Å². The maximum Gasteiger partial charge on any atom is 0.221 e. The predicted molar refractivity (Wildman–Crippen MR) is 158 cm³/mol. The summed E-state index contributed by atoms with van der Waals surface area (Å²) in [6.07, 6.45) is 5.51. The van der Waals surface area contributed by atoms with Crippen molar-refractivity contribution in [2.24, 2.45) is 13.0 Å². The van der Waals surface area contributed by atoms with Crippen molar-refractivity contribution in [2.75, 3.05) is 39.8 Å². The minimum Gasteiger partial charge on any atom is -0.507 e. The second-order valence-corrected chi connectivity index (χ2v) is 11.5. The van der Waals surface area contributed by atoms with E-state index in [0.717, 1.165) is 85.9 Å². The average Bonchev–Trinajstić information content (AvgIpc) is 3.46. The van der Waals surface area contributed by atoms with Gasteiger partial charge in [-0.15, -0.1) is 0 Å². The summed E-state index contributed by atoms with van der Waals surface area (Å²) in [7, 11) is 4.07. The van der Waals surface area contributed by atoms with Gasteiger partial charge >= 0.3 is 0 Å². The Morgan fingerprint density at radius 1 is 1.05 bits per heavy atom. The molecular formula is C31H39N7O2. The van der Waals surface area contributed by atoms with Gasteiger partial charge in [0.1, 0.15) is 11.6 Å². The Morgan fingerprint density at radius 2 is 1.88 bits per heavy atom. The van der Waals surface area contributed by atoms with Crippen LogP contribution in [0.4, 0.5) is 0 Å². The minimum atomic E-state index is 0.162. The van der Waals surface area contributed by atoms with Crippen molar-refractivity contribution in [3.63, 3.8) is 0 Å². The maximum atomic E-state index is 11.4. The number of piperazine rings is 1. The molecule has 2 aliphatic rings. The number of aliphatic hydroxyl groups is 1. The Hall–Kier alpha value is -3.69. The number of likely N-dealkylation sites (N-methyl/N-ethyl adjacent to an activating group) is 1. The maximum absolute atomic E-state index is 11.4. The molecule has 40 heavy (non-hydrogen) atoms. The molecule has 0 aliphatic carbocycles. The Balaban J connectivity index is 1.41. The molecule has 2 bridgehead atoms. The van der Waals surface area contributed by atoms with E-state index in [-0.39, 0.29) is 5.76 Å². The van der Waals surface area contributed by atoms with Crippen molar-refractivity contribution < 1.29 is 9.84 Å². The molecule has 4 aromatic rings. The SMILES string of the molecule is Cc1cc2cc(n1)-c1cnn(C)c1OCCC[C@@H](C)Cn1c(nc3ccc(CN4CCN(C)CC4)cc31)/C=C\2O. The lowest BCUT2D eigenvalue weighted by molar-refractivity contribution is 0.148. The van der Waals surface area contributed by atoms with Gasteiger partial charge in [0.05, 0.1) is 35.1 Å².